The number of aromatic nitrogens is 6. The van der Waals surface area contributed by atoms with Gasteiger partial charge < -0.3 is 27.8 Å². The lowest BCUT2D eigenvalue weighted by atomic mass is 9.95. The van der Waals surface area contributed by atoms with Gasteiger partial charge in [0.15, 0.2) is 41.1 Å². The van der Waals surface area contributed by atoms with Crippen LogP contribution in [0.4, 0.5) is 47.3 Å². The van der Waals surface area contributed by atoms with Crippen molar-refractivity contribution in [3.05, 3.63) is 144 Å². The number of allylic oxidation sites excluding steroid dienone is 4. The minimum atomic E-state index is -5.02. The molecule has 28 heteroatoms. The van der Waals surface area contributed by atoms with E-state index in [0.717, 1.165) is 0 Å². The Bertz CT molecular complexity index is 3620. The van der Waals surface area contributed by atoms with Gasteiger partial charge in [0.05, 0.1) is 36.1 Å². The SMILES string of the molecule is C=CCCC(OCc1ccccc1)(c1nnc(-c2nc(S(=O)(=O)CCC=C)c(C)cc2NC(=O)OC(C)(C)C)o1)C(F)(F)F.Cc1cc(NC(=O)OC(C)(C)C)c2nc1S(=O)(=O)CCC=CCCC(OCc1ccccc1)(C(F)(F)F)c1nnc-2o1. The van der Waals surface area contributed by atoms with Crippen molar-refractivity contribution < 1.29 is 80.5 Å². The van der Waals surface area contributed by atoms with Gasteiger partial charge in [-0.25, -0.2) is 36.4 Å². The zero-order valence-corrected chi connectivity index (χ0v) is 50.0. The number of alkyl halides is 6. The van der Waals surface area contributed by atoms with Crippen LogP contribution in [0.2, 0.25) is 0 Å². The first-order chi connectivity index (χ1) is 40.1. The van der Waals surface area contributed by atoms with Crippen molar-refractivity contribution >= 4 is 43.2 Å². The fourth-order valence-corrected chi connectivity index (χ4v) is 11.2. The Labute approximate surface area is 493 Å². The van der Waals surface area contributed by atoms with Crippen LogP contribution < -0.4 is 10.6 Å². The molecule has 4 bridgehead atoms. The lowest BCUT2D eigenvalue weighted by molar-refractivity contribution is -0.299. The zero-order valence-electron chi connectivity index (χ0n) is 48.4. The Kier molecular flexibility index (Phi) is 21.3. The van der Waals surface area contributed by atoms with Crippen LogP contribution in [0.5, 0.6) is 0 Å². The van der Waals surface area contributed by atoms with E-state index < -0.39 is 116 Å². The van der Waals surface area contributed by atoms with Crippen LogP contribution in [0.1, 0.15) is 114 Å². The third kappa shape index (κ3) is 17.0. The predicted octanol–water partition coefficient (Wildman–Crippen LogP) is 13.4. The molecule has 20 nitrogen and oxygen atoms in total. The maximum Gasteiger partial charge on any atom is 0.426 e. The molecule has 1 aliphatic heterocycles. The van der Waals surface area contributed by atoms with Gasteiger partial charge in [-0.15, -0.1) is 33.6 Å². The van der Waals surface area contributed by atoms with E-state index in [0.29, 0.717) is 11.1 Å². The van der Waals surface area contributed by atoms with Crippen molar-refractivity contribution in [2.24, 2.45) is 0 Å². The van der Waals surface area contributed by atoms with E-state index in [2.05, 4.69) is 54.2 Å². The first-order valence-corrected chi connectivity index (χ1v) is 30.0. The number of anilines is 2. The maximum absolute atomic E-state index is 14.9. The van der Waals surface area contributed by atoms with Gasteiger partial charge in [-0.1, -0.05) is 85.0 Å². The van der Waals surface area contributed by atoms with Gasteiger partial charge in [0.2, 0.25) is 11.2 Å². The fraction of sp³-hybridized carbons (Fsp3) is 0.414. The van der Waals surface area contributed by atoms with E-state index in [1.165, 1.54) is 50.3 Å². The number of fused-ring (bicyclic) bond motifs is 5. The highest BCUT2D eigenvalue weighted by Gasteiger charge is 2.62. The highest BCUT2D eigenvalue weighted by Crippen LogP contribution is 2.49. The Morgan fingerprint density at radius 2 is 1.23 bits per heavy atom. The van der Waals surface area contributed by atoms with Crippen LogP contribution in [-0.4, -0.2) is 94.4 Å². The molecule has 7 rings (SSSR count). The molecular weight excluding hydrogens is 1180 g/mol. The molecule has 5 heterocycles. The molecule has 0 saturated heterocycles. The molecular formula is C58H66F6N8O12S2. The number of aryl methyl sites for hydroxylation is 2. The van der Waals surface area contributed by atoms with Crippen molar-refractivity contribution in [1.29, 1.82) is 0 Å². The van der Waals surface area contributed by atoms with Crippen LogP contribution in [0.3, 0.4) is 0 Å². The van der Waals surface area contributed by atoms with Crippen LogP contribution >= 0.6 is 0 Å². The molecule has 2 aromatic carbocycles. The first-order valence-electron chi connectivity index (χ1n) is 26.7. The molecule has 2 amide bonds. The van der Waals surface area contributed by atoms with Gasteiger partial charge in [-0.3, -0.25) is 10.6 Å². The Morgan fingerprint density at radius 3 is 1.78 bits per heavy atom. The Balaban J connectivity index is 0.000000275. The number of benzene rings is 2. The molecule has 464 valence electrons. The molecule has 2 atom stereocenters. The summed E-state index contributed by atoms with van der Waals surface area (Å²) in [6.45, 7) is 19.0. The molecule has 0 aliphatic carbocycles. The number of sulfone groups is 2. The van der Waals surface area contributed by atoms with Gasteiger partial charge in [0.1, 0.15) is 11.2 Å². The molecule has 0 spiro atoms. The molecule has 4 aromatic heterocycles. The molecule has 0 fully saturated rings. The molecule has 2 unspecified atom stereocenters. The van der Waals surface area contributed by atoms with E-state index in [1.807, 2.05) is 0 Å². The quantitative estimate of drug-likeness (QED) is 0.0634. The second kappa shape index (κ2) is 27.3. The lowest BCUT2D eigenvalue weighted by Crippen LogP contribution is -2.45. The Hall–Kier alpha value is -7.82. The van der Waals surface area contributed by atoms with Crippen LogP contribution in [0, 0.1) is 13.8 Å². The topological polar surface area (TPSA) is 267 Å². The summed E-state index contributed by atoms with van der Waals surface area (Å²) in [6.07, 6.45) is -7.50. The lowest BCUT2D eigenvalue weighted by Gasteiger charge is -2.32. The molecule has 1 aliphatic rings. The maximum atomic E-state index is 14.9. The summed E-state index contributed by atoms with van der Waals surface area (Å²) in [5.41, 5.74) is -7.44. The van der Waals surface area contributed by atoms with E-state index in [1.54, 1.807) is 102 Å². The number of carbonyl (C=O) groups is 2. The van der Waals surface area contributed by atoms with Crippen LogP contribution in [0.15, 0.2) is 129 Å². The summed E-state index contributed by atoms with van der Waals surface area (Å²) in [6, 6.07) is 19.2. The largest absolute Gasteiger partial charge is 0.444 e. The van der Waals surface area contributed by atoms with E-state index in [-0.39, 0.29) is 81.1 Å². The number of amides is 2. The number of ether oxygens (including phenoxy) is 4. The summed E-state index contributed by atoms with van der Waals surface area (Å²) in [5, 5.41) is 19.2. The van der Waals surface area contributed by atoms with Gasteiger partial charge in [-0.05, 0) is 128 Å². The molecule has 2 N–H and O–H groups in total. The number of halogens is 6. The van der Waals surface area contributed by atoms with Crippen molar-refractivity contribution in [1.82, 2.24) is 30.4 Å². The summed E-state index contributed by atoms with van der Waals surface area (Å²) >= 11 is 0. The van der Waals surface area contributed by atoms with Crippen molar-refractivity contribution in [3.63, 3.8) is 0 Å². The number of carbonyl (C=O) groups excluding carboxylic acids is 2. The second-order valence-electron chi connectivity index (χ2n) is 21.6. The van der Waals surface area contributed by atoms with Crippen LogP contribution in [-0.2, 0) is 63.0 Å². The standard InChI is InChI=1S/C30H35F3N4O6S.C28H31F3N4O6S/c1-7-9-16-29(30(31,32)33,41-19-21-14-12-11-13-15-21)26-37-36-24(42-26)23-22(34-27(38)43-28(4,5)6)18-20(3)25(35-23)44(39,40)17-10-8-2;1-18-16-20(32-25(36)41-26(2,3)4)21-22-34-35-24(40-22)27(28(29,30)31,39-17-19-12-8-7-9-13-19)14-10-5-6-11-15-42(37,38)23(18)33-21/h7-8,11-15,18H,1-2,9-10,16-17,19H2,3-6H3,(H,34,38);5-9,12-13,16H,10-11,14-15,17H2,1-4H3,(H,32,36). The zero-order chi connectivity index (χ0) is 63.5. The molecule has 0 saturated carbocycles. The number of rotatable bonds is 17. The van der Waals surface area contributed by atoms with E-state index in [9.17, 15) is 52.8 Å². The van der Waals surface area contributed by atoms with Crippen molar-refractivity contribution in [2.45, 2.75) is 152 Å². The van der Waals surface area contributed by atoms with E-state index in [4.69, 9.17) is 27.8 Å². The van der Waals surface area contributed by atoms with Crippen molar-refractivity contribution in [2.75, 3.05) is 22.1 Å². The molecule has 6 aromatic rings. The average molecular weight is 1250 g/mol. The first kappa shape index (κ1) is 67.3. The predicted molar refractivity (Wildman–Crippen MR) is 304 cm³/mol. The number of hydrogen-bond donors (Lipinski definition) is 2. The highest BCUT2D eigenvalue weighted by molar-refractivity contribution is 7.91. The molecule has 0 radical (unpaired) electrons. The van der Waals surface area contributed by atoms with Gasteiger partial charge in [0.25, 0.3) is 23.6 Å². The van der Waals surface area contributed by atoms with Crippen molar-refractivity contribution in [3.8, 4) is 23.2 Å². The number of pyridine rings is 2. The fourth-order valence-electron chi connectivity index (χ4n) is 8.35. The van der Waals surface area contributed by atoms with E-state index >= 15 is 0 Å². The van der Waals surface area contributed by atoms with Gasteiger partial charge in [-0.2, -0.15) is 26.3 Å². The number of nitrogens with one attached hydrogen (secondary N) is 2. The normalized spacial score (nSPS) is 16.3. The number of hydrogen-bond acceptors (Lipinski definition) is 18. The second-order valence-corrected chi connectivity index (χ2v) is 25.7. The minimum absolute atomic E-state index is 0.0407. The minimum Gasteiger partial charge on any atom is -0.444 e. The highest BCUT2D eigenvalue weighted by atomic mass is 32.2. The third-order valence-corrected chi connectivity index (χ3v) is 15.9. The van der Waals surface area contributed by atoms with Gasteiger partial charge >= 0.3 is 24.5 Å². The smallest absolute Gasteiger partial charge is 0.426 e. The van der Waals surface area contributed by atoms with Gasteiger partial charge in [0, 0.05) is 0 Å². The monoisotopic (exact) mass is 1240 g/mol. The summed E-state index contributed by atoms with van der Waals surface area (Å²) in [4.78, 5) is 33.7. The average Bonchev–Trinajstić information content (AvgIpc) is 1.56. The van der Waals surface area contributed by atoms with Crippen LogP contribution in [0.25, 0.3) is 23.2 Å². The summed E-state index contributed by atoms with van der Waals surface area (Å²) in [5.74, 6) is -3.62. The number of nitrogens with zero attached hydrogens (tertiary/aromatic N) is 6. The summed E-state index contributed by atoms with van der Waals surface area (Å²) < 4.78 is 174. The Morgan fingerprint density at radius 1 is 0.709 bits per heavy atom. The third-order valence-electron chi connectivity index (χ3n) is 12.4. The molecule has 86 heavy (non-hydrogen) atoms. The summed E-state index contributed by atoms with van der Waals surface area (Å²) in [7, 11) is -7.92.